The molecule has 0 aliphatic rings. The number of methoxy groups -OCH3 is 2. The highest BCUT2D eigenvalue weighted by atomic mass is 32.2. The summed E-state index contributed by atoms with van der Waals surface area (Å²) in [6.07, 6.45) is 1.71. The third kappa shape index (κ3) is 6.41. The molecule has 1 amide bonds. The number of rotatable bonds is 9. The van der Waals surface area contributed by atoms with Crippen molar-refractivity contribution in [3.05, 3.63) is 53.3 Å². The Morgan fingerprint density at radius 3 is 2.32 bits per heavy atom. The van der Waals surface area contributed by atoms with E-state index in [1.165, 1.54) is 12.1 Å². The lowest BCUT2D eigenvalue weighted by atomic mass is 10.1. The summed E-state index contributed by atoms with van der Waals surface area (Å²) >= 11 is 0. The predicted octanol–water partition coefficient (Wildman–Crippen LogP) is 2.46. The van der Waals surface area contributed by atoms with Crippen molar-refractivity contribution in [2.45, 2.75) is 19.4 Å². The summed E-state index contributed by atoms with van der Waals surface area (Å²) < 4.78 is 48.8. The lowest BCUT2D eigenvalue weighted by molar-refractivity contribution is -0.121. The highest BCUT2D eigenvalue weighted by Crippen LogP contribution is 2.28. The number of carbonyl (C=O) groups excluding carboxylic acids is 1. The Kier molecular flexibility index (Phi) is 7.22. The molecule has 0 bridgehead atoms. The standard InChI is InChI=1S/C19H23FN2O5S/c1-26-17-8-5-13(11-18(17)27-2)6-9-19(23)21-12-14-4-7-16(15(20)10-14)22-28(3,24)25/h4-5,7-8,10-11,22H,6,9,12H2,1-3H3,(H,21,23). The SMILES string of the molecule is COc1ccc(CCC(=O)NCc2ccc(NS(C)(=O)=O)c(F)c2)cc1OC. The van der Waals surface area contributed by atoms with Crippen molar-refractivity contribution in [3.8, 4) is 11.5 Å². The van der Waals surface area contributed by atoms with Gasteiger partial charge in [-0.2, -0.15) is 0 Å². The first kappa shape index (κ1) is 21.5. The van der Waals surface area contributed by atoms with Crippen LogP contribution in [0.15, 0.2) is 36.4 Å². The zero-order valence-electron chi connectivity index (χ0n) is 15.9. The monoisotopic (exact) mass is 410 g/mol. The quantitative estimate of drug-likeness (QED) is 0.662. The van der Waals surface area contributed by atoms with Crippen molar-refractivity contribution in [2.24, 2.45) is 0 Å². The number of halogens is 1. The molecule has 0 heterocycles. The van der Waals surface area contributed by atoms with Gasteiger partial charge < -0.3 is 14.8 Å². The Morgan fingerprint density at radius 2 is 1.71 bits per heavy atom. The van der Waals surface area contributed by atoms with Crippen molar-refractivity contribution in [3.63, 3.8) is 0 Å². The van der Waals surface area contributed by atoms with Gasteiger partial charge in [-0.1, -0.05) is 12.1 Å². The van der Waals surface area contributed by atoms with E-state index in [2.05, 4.69) is 10.0 Å². The lowest BCUT2D eigenvalue weighted by Gasteiger charge is -2.10. The number of ether oxygens (including phenoxy) is 2. The van der Waals surface area contributed by atoms with E-state index in [0.717, 1.165) is 11.8 Å². The van der Waals surface area contributed by atoms with E-state index in [0.29, 0.717) is 23.5 Å². The van der Waals surface area contributed by atoms with Gasteiger partial charge in [-0.25, -0.2) is 12.8 Å². The van der Waals surface area contributed by atoms with Gasteiger partial charge in [0.25, 0.3) is 0 Å². The zero-order valence-corrected chi connectivity index (χ0v) is 16.7. The Morgan fingerprint density at radius 1 is 1.04 bits per heavy atom. The summed E-state index contributed by atoms with van der Waals surface area (Å²) in [5, 5.41) is 2.72. The molecular weight excluding hydrogens is 387 g/mol. The molecule has 2 N–H and O–H groups in total. The molecule has 0 spiro atoms. The maximum absolute atomic E-state index is 13.9. The third-order valence-electron chi connectivity index (χ3n) is 3.91. The molecule has 0 saturated carbocycles. The second-order valence-corrected chi connectivity index (χ2v) is 7.90. The van der Waals surface area contributed by atoms with E-state index in [-0.39, 0.29) is 24.6 Å². The van der Waals surface area contributed by atoms with Crippen LogP contribution in [0, 0.1) is 5.82 Å². The number of hydrogen-bond donors (Lipinski definition) is 2. The van der Waals surface area contributed by atoms with Crippen LogP contribution in [0.1, 0.15) is 17.5 Å². The molecule has 0 fully saturated rings. The van der Waals surface area contributed by atoms with Gasteiger partial charge in [-0.05, 0) is 41.8 Å². The molecule has 2 aromatic carbocycles. The summed E-state index contributed by atoms with van der Waals surface area (Å²) in [7, 11) is -0.459. The van der Waals surface area contributed by atoms with E-state index in [1.54, 1.807) is 26.4 Å². The fourth-order valence-electron chi connectivity index (χ4n) is 2.53. The molecule has 9 heteroatoms. The van der Waals surface area contributed by atoms with Crippen LogP contribution < -0.4 is 19.5 Å². The van der Waals surface area contributed by atoms with Gasteiger partial charge >= 0.3 is 0 Å². The largest absolute Gasteiger partial charge is 0.493 e. The minimum atomic E-state index is -3.56. The highest BCUT2D eigenvalue weighted by Gasteiger charge is 2.10. The lowest BCUT2D eigenvalue weighted by Crippen LogP contribution is -2.23. The molecule has 0 aliphatic heterocycles. The number of aryl methyl sites for hydroxylation is 1. The van der Waals surface area contributed by atoms with Gasteiger partial charge in [-0.15, -0.1) is 0 Å². The summed E-state index contributed by atoms with van der Waals surface area (Å²) in [6, 6.07) is 9.50. The van der Waals surface area contributed by atoms with Gasteiger partial charge in [0.05, 0.1) is 26.2 Å². The Hall–Kier alpha value is -2.81. The van der Waals surface area contributed by atoms with Crippen LogP contribution in [0.4, 0.5) is 10.1 Å². The topological polar surface area (TPSA) is 93.7 Å². The van der Waals surface area contributed by atoms with Crippen LogP contribution in [0.3, 0.4) is 0 Å². The summed E-state index contributed by atoms with van der Waals surface area (Å²) in [5.74, 6) is 0.321. The summed E-state index contributed by atoms with van der Waals surface area (Å²) in [6.45, 7) is 0.140. The fraction of sp³-hybridized carbons (Fsp3) is 0.316. The number of amides is 1. The van der Waals surface area contributed by atoms with Crippen molar-refractivity contribution in [1.29, 1.82) is 0 Å². The number of nitrogens with one attached hydrogen (secondary N) is 2. The molecule has 0 atom stereocenters. The minimum Gasteiger partial charge on any atom is -0.493 e. The Labute approximate surface area is 163 Å². The molecule has 152 valence electrons. The van der Waals surface area contributed by atoms with Crippen molar-refractivity contribution < 1.29 is 27.1 Å². The number of benzene rings is 2. The zero-order chi connectivity index (χ0) is 20.7. The molecule has 2 aromatic rings. The van der Waals surface area contributed by atoms with Crippen molar-refractivity contribution >= 4 is 21.6 Å². The second-order valence-electron chi connectivity index (χ2n) is 6.15. The molecule has 0 aromatic heterocycles. The van der Waals surface area contributed by atoms with Crippen LogP contribution >= 0.6 is 0 Å². The van der Waals surface area contributed by atoms with Crippen molar-refractivity contribution in [2.75, 3.05) is 25.2 Å². The first-order valence-electron chi connectivity index (χ1n) is 8.45. The number of hydrogen-bond acceptors (Lipinski definition) is 5. The minimum absolute atomic E-state index is 0.133. The Balaban J connectivity index is 1.88. The van der Waals surface area contributed by atoms with Crippen LogP contribution in [-0.2, 0) is 27.8 Å². The molecule has 0 unspecified atom stereocenters. The van der Waals surface area contributed by atoms with E-state index in [1.807, 2.05) is 12.1 Å². The van der Waals surface area contributed by atoms with E-state index >= 15 is 0 Å². The molecule has 7 nitrogen and oxygen atoms in total. The van der Waals surface area contributed by atoms with Crippen LogP contribution in [0.2, 0.25) is 0 Å². The average Bonchev–Trinajstić information content (AvgIpc) is 2.65. The van der Waals surface area contributed by atoms with Gasteiger partial charge in [0.15, 0.2) is 11.5 Å². The fourth-order valence-corrected chi connectivity index (χ4v) is 3.10. The first-order chi connectivity index (χ1) is 13.2. The Bertz CT molecular complexity index is 947. The van der Waals surface area contributed by atoms with E-state index < -0.39 is 15.8 Å². The van der Waals surface area contributed by atoms with Gasteiger partial charge in [0.2, 0.25) is 15.9 Å². The first-order valence-corrected chi connectivity index (χ1v) is 10.3. The maximum atomic E-state index is 13.9. The van der Waals surface area contributed by atoms with Crippen LogP contribution in [-0.4, -0.2) is 34.8 Å². The maximum Gasteiger partial charge on any atom is 0.229 e. The number of sulfonamides is 1. The second kappa shape index (κ2) is 9.41. The van der Waals surface area contributed by atoms with E-state index in [9.17, 15) is 17.6 Å². The van der Waals surface area contributed by atoms with Gasteiger partial charge in [0.1, 0.15) is 5.82 Å². The van der Waals surface area contributed by atoms with Crippen molar-refractivity contribution in [1.82, 2.24) is 5.32 Å². The summed E-state index contributed by atoms with van der Waals surface area (Å²) in [5.41, 5.74) is 1.32. The molecular formula is C19H23FN2O5S. The van der Waals surface area contributed by atoms with E-state index in [4.69, 9.17) is 9.47 Å². The van der Waals surface area contributed by atoms with Gasteiger partial charge in [0, 0.05) is 13.0 Å². The van der Waals surface area contributed by atoms with Crippen LogP contribution in [0.25, 0.3) is 0 Å². The molecule has 2 rings (SSSR count). The highest BCUT2D eigenvalue weighted by molar-refractivity contribution is 7.92. The summed E-state index contributed by atoms with van der Waals surface area (Å²) in [4.78, 5) is 12.1. The molecule has 0 aliphatic carbocycles. The van der Waals surface area contributed by atoms with Crippen LogP contribution in [0.5, 0.6) is 11.5 Å². The molecule has 0 saturated heterocycles. The van der Waals surface area contributed by atoms with Gasteiger partial charge in [-0.3, -0.25) is 9.52 Å². The predicted molar refractivity (Wildman–Crippen MR) is 105 cm³/mol. The average molecular weight is 410 g/mol. The normalized spacial score (nSPS) is 11.0. The molecule has 0 radical (unpaired) electrons. The number of anilines is 1. The number of carbonyl (C=O) groups is 1. The molecule has 28 heavy (non-hydrogen) atoms. The third-order valence-corrected chi connectivity index (χ3v) is 4.50. The smallest absolute Gasteiger partial charge is 0.229 e.